The van der Waals surface area contributed by atoms with Crippen LogP contribution in [0.3, 0.4) is 0 Å². The first kappa shape index (κ1) is 18.2. The lowest BCUT2D eigenvalue weighted by Crippen LogP contribution is -2.45. The first-order valence-electron chi connectivity index (χ1n) is 8.29. The van der Waals surface area contributed by atoms with Gasteiger partial charge in [0.2, 0.25) is 0 Å². The molecule has 24 heavy (non-hydrogen) atoms. The van der Waals surface area contributed by atoms with Crippen LogP contribution in [0.4, 0.5) is 4.39 Å². The van der Waals surface area contributed by atoms with Gasteiger partial charge in [0.15, 0.2) is 13.2 Å². The van der Waals surface area contributed by atoms with E-state index in [-0.39, 0.29) is 30.9 Å². The summed E-state index contributed by atoms with van der Waals surface area (Å²) in [6, 6.07) is 5.60. The number of hydrogen-bond acceptors (Lipinski definition) is 4. The van der Waals surface area contributed by atoms with Crippen molar-refractivity contribution < 1.29 is 23.5 Å². The Morgan fingerprint density at radius 1 is 1.25 bits per heavy atom. The second-order valence-corrected chi connectivity index (χ2v) is 6.35. The lowest BCUT2D eigenvalue weighted by atomic mass is 9.78. The summed E-state index contributed by atoms with van der Waals surface area (Å²) in [5.74, 6) is -0.196. The van der Waals surface area contributed by atoms with E-state index in [2.05, 4.69) is 19.2 Å². The highest BCUT2D eigenvalue weighted by Gasteiger charge is 2.28. The Balaban J connectivity index is 1.68. The third-order valence-corrected chi connectivity index (χ3v) is 4.57. The fourth-order valence-electron chi connectivity index (χ4n) is 2.92. The van der Waals surface area contributed by atoms with E-state index in [0.717, 1.165) is 12.8 Å². The number of carbonyl (C=O) groups excluding carboxylic acids is 2. The Labute approximate surface area is 141 Å². The van der Waals surface area contributed by atoms with Crippen LogP contribution in [0.25, 0.3) is 0 Å². The van der Waals surface area contributed by atoms with Crippen LogP contribution < -0.4 is 10.1 Å². The molecule has 1 aromatic carbocycles. The minimum atomic E-state index is -0.667. The zero-order chi connectivity index (χ0) is 17.5. The summed E-state index contributed by atoms with van der Waals surface area (Å²) in [5, 5.41) is 2.93. The fourth-order valence-corrected chi connectivity index (χ4v) is 2.92. The molecule has 1 aliphatic rings. The summed E-state index contributed by atoms with van der Waals surface area (Å²) < 4.78 is 23.0. The largest absolute Gasteiger partial charge is 0.482 e. The number of benzene rings is 1. The molecule has 3 atom stereocenters. The van der Waals surface area contributed by atoms with E-state index >= 15 is 0 Å². The summed E-state index contributed by atoms with van der Waals surface area (Å²) >= 11 is 0. The van der Waals surface area contributed by atoms with Gasteiger partial charge in [-0.3, -0.25) is 4.79 Å². The Morgan fingerprint density at radius 3 is 2.79 bits per heavy atom. The monoisotopic (exact) mass is 337 g/mol. The van der Waals surface area contributed by atoms with Gasteiger partial charge in [-0.25, -0.2) is 9.18 Å². The van der Waals surface area contributed by atoms with Crippen LogP contribution in [0.5, 0.6) is 5.75 Å². The molecule has 0 radical (unpaired) electrons. The molecule has 0 aliphatic heterocycles. The molecule has 1 amide bonds. The molecule has 0 saturated heterocycles. The summed E-state index contributed by atoms with van der Waals surface area (Å²) in [7, 11) is 0. The number of halogens is 1. The SMILES string of the molecule is C[C@H]1[C@H](C)CCC[C@H]1NC(=O)COC(=O)COc1cccc(F)c1. The van der Waals surface area contributed by atoms with Crippen molar-refractivity contribution in [2.24, 2.45) is 11.8 Å². The number of ether oxygens (including phenoxy) is 2. The molecule has 1 fully saturated rings. The predicted molar refractivity (Wildman–Crippen MR) is 87.0 cm³/mol. The minimum absolute atomic E-state index is 0.128. The van der Waals surface area contributed by atoms with E-state index in [4.69, 9.17) is 9.47 Å². The van der Waals surface area contributed by atoms with Crippen molar-refractivity contribution in [3.8, 4) is 5.75 Å². The van der Waals surface area contributed by atoms with Gasteiger partial charge in [0, 0.05) is 12.1 Å². The Hall–Kier alpha value is -2.11. The smallest absolute Gasteiger partial charge is 0.344 e. The van der Waals surface area contributed by atoms with Crippen molar-refractivity contribution >= 4 is 11.9 Å². The topological polar surface area (TPSA) is 64.6 Å². The van der Waals surface area contributed by atoms with Crippen molar-refractivity contribution in [1.82, 2.24) is 5.32 Å². The number of hydrogen-bond donors (Lipinski definition) is 1. The number of amides is 1. The minimum Gasteiger partial charge on any atom is -0.482 e. The van der Waals surface area contributed by atoms with Crippen LogP contribution in [-0.2, 0) is 14.3 Å². The van der Waals surface area contributed by atoms with Crippen molar-refractivity contribution in [2.75, 3.05) is 13.2 Å². The Morgan fingerprint density at radius 2 is 2.04 bits per heavy atom. The third-order valence-electron chi connectivity index (χ3n) is 4.57. The van der Waals surface area contributed by atoms with Crippen LogP contribution >= 0.6 is 0 Å². The van der Waals surface area contributed by atoms with E-state index in [1.165, 1.54) is 30.7 Å². The maximum atomic E-state index is 13.0. The van der Waals surface area contributed by atoms with Gasteiger partial charge in [0.25, 0.3) is 5.91 Å². The molecule has 5 nitrogen and oxygen atoms in total. The zero-order valence-corrected chi connectivity index (χ0v) is 14.1. The number of nitrogens with one attached hydrogen (secondary N) is 1. The highest BCUT2D eigenvalue weighted by Crippen LogP contribution is 2.29. The molecule has 0 unspecified atom stereocenters. The molecule has 6 heteroatoms. The summed E-state index contributed by atoms with van der Waals surface area (Å²) in [4.78, 5) is 23.5. The van der Waals surface area contributed by atoms with E-state index in [0.29, 0.717) is 11.8 Å². The molecule has 1 aromatic rings. The highest BCUT2D eigenvalue weighted by molar-refractivity contribution is 5.81. The van der Waals surface area contributed by atoms with Crippen molar-refractivity contribution in [2.45, 2.75) is 39.2 Å². The van der Waals surface area contributed by atoms with E-state index in [9.17, 15) is 14.0 Å². The van der Waals surface area contributed by atoms with Crippen LogP contribution in [0.15, 0.2) is 24.3 Å². The molecule has 1 saturated carbocycles. The van der Waals surface area contributed by atoms with Crippen molar-refractivity contribution in [1.29, 1.82) is 0 Å². The molecule has 0 bridgehead atoms. The number of rotatable bonds is 6. The summed E-state index contributed by atoms with van der Waals surface area (Å²) in [6.45, 7) is 3.62. The average Bonchev–Trinajstić information content (AvgIpc) is 2.55. The fraction of sp³-hybridized carbons (Fsp3) is 0.556. The summed E-state index contributed by atoms with van der Waals surface area (Å²) in [6.07, 6.45) is 3.23. The molecule has 1 aliphatic carbocycles. The first-order valence-corrected chi connectivity index (χ1v) is 8.29. The van der Waals surface area contributed by atoms with Gasteiger partial charge in [0.05, 0.1) is 0 Å². The Bertz CT molecular complexity index is 578. The van der Waals surface area contributed by atoms with Gasteiger partial charge < -0.3 is 14.8 Å². The Kier molecular flexibility index (Phi) is 6.58. The zero-order valence-electron chi connectivity index (χ0n) is 14.1. The second kappa shape index (κ2) is 8.66. The maximum absolute atomic E-state index is 13.0. The number of carbonyl (C=O) groups is 2. The molecule has 0 heterocycles. The highest BCUT2D eigenvalue weighted by atomic mass is 19.1. The second-order valence-electron chi connectivity index (χ2n) is 6.35. The lowest BCUT2D eigenvalue weighted by molar-refractivity contribution is -0.150. The van der Waals surface area contributed by atoms with Crippen LogP contribution in [-0.4, -0.2) is 31.1 Å². The number of esters is 1. The van der Waals surface area contributed by atoms with Gasteiger partial charge in [-0.15, -0.1) is 0 Å². The van der Waals surface area contributed by atoms with E-state index in [1.807, 2.05) is 0 Å². The lowest BCUT2D eigenvalue weighted by Gasteiger charge is -2.34. The van der Waals surface area contributed by atoms with Gasteiger partial charge in [-0.2, -0.15) is 0 Å². The van der Waals surface area contributed by atoms with E-state index in [1.54, 1.807) is 0 Å². The van der Waals surface area contributed by atoms with Crippen LogP contribution in [0, 0.1) is 17.7 Å². The average molecular weight is 337 g/mol. The molecule has 0 aromatic heterocycles. The quantitative estimate of drug-likeness (QED) is 0.811. The molecular formula is C18H24FNO4. The molecular weight excluding hydrogens is 313 g/mol. The van der Waals surface area contributed by atoms with Gasteiger partial charge in [0.1, 0.15) is 11.6 Å². The predicted octanol–water partition coefficient (Wildman–Crippen LogP) is 2.69. The molecule has 0 spiro atoms. The van der Waals surface area contributed by atoms with Crippen molar-refractivity contribution in [3.05, 3.63) is 30.1 Å². The maximum Gasteiger partial charge on any atom is 0.344 e. The van der Waals surface area contributed by atoms with Crippen LogP contribution in [0.2, 0.25) is 0 Å². The van der Waals surface area contributed by atoms with Crippen molar-refractivity contribution in [3.63, 3.8) is 0 Å². The standard InChI is InChI=1S/C18H24FNO4/c1-12-5-3-8-16(13(12)2)20-17(21)10-24-18(22)11-23-15-7-4-6-14(19)9-15/h4,6-7,9,12-13,16H,3,5,8,10-11H2,1-2H3,(H,20,21)/t12-,13+,16-/m1/s1. The van der Waals surface area contributed by atoms with Gasteiger partial charge >= 0.3 is 5.97 Å². The molecule has 2 rings (SSSR count). The molecule has 1 N–H and O–H groups in total. The molecule has 132 valence electrons. The third kappa shape index (κ3) is 5.51. The van der Waals surface area contributed by atoms with E-state index < -0.39 is 11.8 Å². The van der Waals surface area contributed by atoms with Crippen LogP contribution in [0.1, 0.15) is 33.1 Å². The van der Waals surface area contributed by atoms with Gasteiger partial charge in [-0.05, 0) is 30.4 Å². The van der Waals surface area contributed by atoms with Gasteiger partial charge in [-0.1, -0.05) is 32.8 Å². The normalized spacial score (nSPS) is 23.4. The summed E-state index contributed by atoms with van der Waals surface area (Å²) in [5.41, 5.74) is 0. The first-order chi connectivity index (χ1) is 11.5.